The molecule has 8 nitrogen and oxygen atoms in total. The number of aromatic nitrogens is 1. The summed E-state index contributed by atoms with van der Waals surface area (Å²) in [7, 11) is 0. The maximum atomic E-state index is 14.1. The van der Waals surface area contributed by atoms with E-state index in [1.807, 2.05) is 19.9 Å². The van der Waals surface area contributed by atoms with Crippen LogP contribution in [-0.4, -0.2) is 30.6 Å². The van der Waals surface area contributed by atoms with Crippen molar-refractivity contribution in [1.82, 2.24) is 4.98 Å². The lowest BCUT2D eigenvalue weighted by Gasteiger charge is -2.36. The monoisotopic (exact) mass is 507 g/mol. The quantitative estimate of drug-likeness (QED) is 0.247. The number of amidine groups is 1. The van der Waals surface area contributed by atoms with Crippen molar-refractivity contribution in [3.05, 3.63) is 75.5 Å². The van der Waals surface area contributed by atoms with Crippen LogP contribution in [0.5, 0.6) is 17.2 Å². The Kier molecular flexibility index (Phi) is 7.52. The van der Waals surface area contributed by atoms with Crippen LogP contribution in [-0.2, 0) is 11.3 Å². The van der Waals surface area contributed by atoms with Gasteiger partial charge in [-0.3, -0.25) is 4.99 Å². The molecule has 0 unspecified atom stereocenters. The van der Waals surface area contributed by atoms with Crippen LogP contribution in [0.2, 0.25) is 0 Å². The van der Waals surface area contributed by atoms with E-state index in [0.717, 1.165) is 9.88 Å². The second-order valence-corrected chi connectivity index (χ2v) is 10.1. The first kappa shape index (κ1) is 25.2. The molecule has 1 saturated heterocycles. The van der Waals surface area contributed by atoms with Crippen LogP contribution in [0.1, 0.15) is 22.4 Å². The lowest BCUT2D eigenvalue weighted by Crippen LogP contribution is -2.42. The fraction of sp³-hybridized carbons (Fsp3) is 0.269. The number of hydrogen-bond donors (Lipinski definition) is 2. The zero-order valence-electron chi connectivity index (χ0n) is 20.0. The maximum absolute atomic E-state index is 14.1. The topological polar surface area (TPSA) is 129 Å². The second-order valence-electron chi connectivity index (χ2n) is 8.79. The Hall–Kier alpha value is -3.94. The molecule has 1 aromatic heterocycles. The molecule has 0 spiro atoms. The fourth-order valence-corrected chi connectivity index (χ4v) is 4.15. The minimum Gasteiger partial charge on any atom is -0.488 e. The van der Waals surface area contributed by atoms with Gasteiger partial charge >= 0.3 is 0 Å². The zero-order valence-corrected chi connectivity index (χ0v) is 20.8. The molecule has 0 atom stereocenters. The van der Waals surface area contributed by atoms with Crippen molar-refractivity contribution in [1.29, 1.82) is 5.26 Å². The smallest absolute Gasteiger partial charge is 0.138 e. The van der Waals surface area contributed by atoms with Crippen LogP contribution in [0.3, 0.4) is 0 Å². The molecule has 1 aliphatic heterocycles. The number of nitrogens with two attached hydrogens (primary N) is 2. The standard InChI is InChI=1S/C26H26FN5O3S/c1-16-31-11-22(36-16)12-34-20-7-18(27)8-21(9-20)35-19-5-3-17(4-6-19)24(29)23(10-28)25(30)32-13-26(2)14-33-15-26/h3-9,11H,12-15,29H2,1-2H3,(H2,30,32)/b24-23-. The number of thiazole rings is 1. The molecule has 186 valence electrons. The zero-order chi connectivity index (χ0) is 25.7. The predicted octanol–water partition coefficient (Wildman–Crippen LogP) is 4.55. The summed E-state index contributed by atoms with van der Waals surface area (Å²) < 4.78 is 30.9. The number of ether oxygens (including phenoxy) is 3. The molecule has 36 heavy (non-hydrogen) atoms. The Morgan fingerprint density at radius 2 is 1.92 bits per heavy atom. The van der Waals surface area contributed by atoms with Gasteiger partial charge in [-0.25, -0.2) is 9.37 Å². The van der Waals surface area contributed by atoms with Crippen LogP contribution in [0, 0.1) is 29.5 Å². The minimum absolute atomic E-state index is 0.0685. The van der Waals surface area contributed by atoms with Gasteiger partial charge in [-0.2, -0.15) is 5.26 Å². The third-order valence-electron chi connectivity index (χ3n) is 5.47. The third-order valence-corrected chi connectivity index (χ3v) is 6.35. The van der Waals surface area contributed by atoms with E-state index < -0.39 is 5.82 Å². The summed E-state index contributed by atoms with van der Waals surface area (Å²) in [5.41, 5.74) is 13.1. The Morgan fingerprint density at radius 1 is 1.19 bits per heavy atom. The van der Waals surface area contributed by atoms with Gasteiger partial charge in [-0.05, 0) is 36.8 Å². The number of rotatable bonds is 9. The molecule has 1 fully saturated rings. The van der Waals surface area contributed by atoms with Crippen molar-refractivity contribution in [3.63, 3.8) is 0 Å². The van der Waals surface area contributed by atoms with E-state index in [1.54, 1.807) is 36.5 Å². The largest absolute Gasteiger partial charge is 0.488 e. The SMILES string of the molecule is Cc1ncc(COc2cc(F)cc(Oc3ccc(/C(N)=C(\C#N)C(N)=NCC4(C)COC4)cc3)c2)s1. The number of halogens is 1. The molecular weight excluding hydrogens is 481 g/mol. The summed E-state index contributed by atoms with van der Waals surface area (Å²) in [6.07, 6.45) is 1.74. The Bertz CT molecular complexity index is 1340. The van der Waals surface area contributed by atoms with Crippen molar-refractivity contribution in [2.24, 2.45) is 21.9 Å². The molecule has 4 rings (SSSR count). The first-order chi connectivity index (χ1) is 17.2. The molecule has 2 aromatic carbocycles. The van der Waals surface area contributed by atoms with Crippen LogP contribution in [0.4, 0.5) is 4.39 Å². The van der Waals surface area contributed by atoms with E-state index in [-0.39, 0.29) is 34.9 Å². The van der Waals surface area contributed by atoms with Crippen molar-refractivity contribution >= 4 is 22.9 Å². The Morgan fingerprint density at radius 3 is 2.53 bits per heavy atom. The molecule has 0 aliphatic carbocycles. The number of hydrogen-bond acceptors (Lipinski definition) is 8. The van der Waals surface area contributed by atoms with Gasteiger partial charge in [0.05, 0.1) is 35.3 Å². The number of benzene rings is 2. The first-order valence-corrected chi connectivity index (χ1v) is 12.0. The summed E-state index contributed by atoms with van der Waals surface area (Å²) in [4.78, 5) is 9.46. The van der Waals surface area contributed by atoms with Crippen molar-refractivity contribution in [2.75, 3.05) is 19.8 Å². The van der Waals surface area contributed by atoms with E-state index >= 15 is 0 Å². The van der Waals surface area contributed by atoms with Crippen molar-refractivity contribution < 1.29 is 18.6 Å². The van der Waals surface area contributed by atoms with Gasteiger partial charge in [0.1, 0.15) is 47.2 Å². The van der Waals surface area contributed by atoms with Gasteiger partial charge < -0.3 is 25.7 Å². The summed E-state index contributed by atoms with van der Waals surface area (Å²) in [6.45, 7) is 5.91. The highest BCUT2D eigenvalue weighted by molar-refractivity contribution is 7.11. The summed E-state index contributed by atoms with van der Waals surface area (Å²) in [6, 6.07) is 12.9. The Balaban J connectivity index is 1.44. The average molecular weight is 508 g/mol. The second kappa shape index (κ2) is 10.8. The van der Waals surface area contributed by atoms with Gasteiger partial charge in [0.25, 0.3) is 0 Å². The number of nitrogens with zero attached hydrogens (tertiary/aromatic N) is 3. The average Bonchev–Trinajstić information content (AvgIpc) is 3.26. The predicted molar refractivity (Wildman–Crippen MR) is 136 cm³/mol. The lowest BCUT2D eigenvalue weighted by atomic mass is 9.89. The first-order valence-electron chi connectivity index (χ1n) is 11.2. The van der Waals surface area contributed by atoms with Crippen LogP contribution < -0.4 is 20.9 Å². The van der Waals surface area contributed by atoms with Crippen molar-refractivity contribution in [3.8, 4) is 23.3 Å². The summed E-state index contributed by atoms with van der Waals surface area (Å²) in [5, 5.41) is 10.5. The van der Waals surface area contributed by atoms with Crippen LogP contribution in [0.25, 0.3) is 5.70 Å². The molecule has 10 heteroatoms. The molecule has 3 aromatic rings. The van der Waals surface area contributed by atoms with Crippen molar-refractivity contribution in [2.45, 2.75) is 20.5 Å². The highest BCUT2D eigenvalue weighted by Crippen LogP contribution is 2.29. The molecule has 0 saturated carbocycles. The third kappa shape index (κ3) is 6.19. The van der Waals surface area contributed by atoms with Gasteiger partial charge in [0.15, 0.2) is 0 Å². The van der Waals surface area contributed by atoms with Gasteiger partial charge in [-0.15, -0.1) is 11.3 Å². The highest BCUT2D eigenvalue weighted by atomic mass is 32.1. The van der Waals surface area contributed by atoms with E-state index in [9.17, 15) is 9.65 Å². The molecule has 0 radical (unpaired) electrons. The van der Waals surface area contributed by atoms with E-state index in [1.165, 1.54) is 23.5 Å². The molecule has 0 amide bonds. The van der Waals surface area contributed by atoms with E-state index in [4.69, 9.17) is 25.7 Å². The van der Waals surface area contributed by atoms with Gasteiger partial charge in [-0.1, -0.05) is 6.92 Å². The van der Waals surface area contributed by atoms with Crippen LogP contribution >= 0.6 is 11.3 Å². The lowest BCUT2D eigenvalue weighted by molar-refractivity contribution is -0.0944. The molecule has 4 N–H and O–H groups in total. The van der Waals surface area contributed by atoms with E-state index in [0.29, 0.717) is 36.8 Å². The number of aliphatic imine (C=N–C) groups is 1. The molecule has 1 aliphatic rings. The fourth-order valence-electron chi connectivity index (χ4n) is 3.44. The highest BCUT2D eigenvalue weighted by Gasteiger charge is 2.33. The number of nitriles is 1. The normalized spacial score (nSPS) is 15.4. The molecule has 0 bridgehead atoms. The number of aryl methyl sites for hydroxylation is 1. The molecule has 2 heterocycles. The van der Waals surface area contributed by atoms with Gasteiger partial charge in [0.2, 0.25) is 0 Å². The van der Waals surface area contributed by atoms with Crippen LogP contribution in [0.15, 0.2) is 59.2 Å². The Labute approximate surface area is 212 Å². The summed E-state index contributed by atoms with van der Waals surface area (Å²) >= 11 is 1.52. The molecular formula is C26H26FN5O3S. The van der Waals surface area contributed by atoms with E-state index in [2.05, 4.69) is 9.98 Å². The van der Waals surface area contributed by atoms with Gasteiger partial charge in [0, 0.05) is 29.8 Å². The summed E-state index contributed by atoms with van der Waals surface area (Å²) in [5.74, 6) is 0.686. The minimum atomic E-state index is -0.484. The maximum Gasteiger partial charge on any atom is 0.138 e.